The number of benzene rings is 1. The van der Waals surface area contributed by atoms with Crippen LogP contribution >= 0.6 is 11.6 Å². The van der Waals surface area contributed by atoms with Crippen LogP contribution in [0, 0.1) is 5.92 Å². The topological polar surface area (TPSA) is 45.1 Å². The Hall–Kier alpha value is -1.16. The van der Waals surface area contributed by atoms with E-state index in [1.807, 2.05) is 24.3 Å². The molecule has 4 heteroatoms. The van der Waals surface area contributed by atoms with Gasteiger partial charge in [-0.15, -0.1) is 0 Å². The van der Waals surface area contributed by atoms with Crippen molar-refractivity contribution in [3.05, 3.63) is 41.0 Å². The molecule has 3 unspecified atom stereocenters. The van der Waals surface area contributed by atoms with E-state index in [1.165, 1.54) is 12.8 Å². The standard InChI is InChI=1S/C17H21ClN2O/c1-2-11-7-9-19-15(10-11)17(21)13-5-6-14(18)12-4-3-8-20-16(12)13/h3-6,8,11,15,17,19,21H,2,7,9-10H2,1H3. The molecule has 3 rings (SSSR count). The van der Waals surface area contributed by atoms with Crippen molar-refractivity contribution in [3.8, 4) is 0 Å². The van der Waals surface area contributed by atoms with Gasteiger partial charge in [0.25, 0.3) is 0 Å². The van der Waals surface area contributed by atoms with Crippen molar-refractivity contribution in [1.82, 2.24) is 10.3 Å². The van der Waals surface area contributed by atoms with Crippen LogP contribution < -0.4 is 5.32 Å². The molecule has 21 heavy (non-hydrogen) atoms. The Morgan fingerprint density at radius 3 is 3.10 bits per heavy atom. The lowest BCUT2D eigenvalue weighted by atomic mass is 9.86. The van der Waals surface area contributed by atoms with E-state index in [0.29, 0.717) is 10.9 Å². The van der Waals surface area contributed by atoms with Gasteiger partial charge < -0.3 is 10.4 Å². The molecule has 3 nitrogen and oxygen atoms in total. The smallest absolute Gasteiger partial charge is 0.0964 e. The van der Waals surface area contributed by atoms with Gasteiger partial charge in [-0.2, -0.15) is 0 Å². The number of hydrogen-bond donors (Lipinski definition) is 2. The van der Waals surface area contributed by atoms with Gasteiger partial charge in [-0.05, 0) is 43.5 Å². The van der Waals surface area contributed by atoms with E-state index in [9.17, 15) is 5.11 Å². The maximum atomic E-state index is 10.8. The number of hydrogen-bond acceptors (Lipinski definition) is 3. The maximum absolute atomic E-state index is 10.8. The largest absolute Gasteiger partial charge is 0.387 e. The average Bonchev–Trinajstić information content (AvgIpc) is 2.55. The molecule has 2 heterocycles. The Morgan fingerprint density at radius 2 is 2.29 bits per heavy atom. The summed E-state index contributed by atoms with van der Waals surface area (Å²) in [6, 6.07) is 7.67. The summed E-state index contributed by atoms with van der Waals surface area (Å²) in [6.07, 6.45) is 4.57. The first-order valence-corrected chi connectivity index (χ1v) is 8.03. The maximum Gasteiger partial charge on any atom is 0.0964 e. The third-order valence-electron chi connectivity index (χ3n) is 4.57. The van der Waals surface area contributed by atoms with Crippen LogP contribution in [0.2, 0.25) is 5.02 Å². The normalized spacial score (nSPS) is 24.1. The first kappa shape index (κ1) is 14.8. The summed E-state index contributed by atoms with van der Waals surface area (Å²) in [5.74, 6) is 0.692. The van der Waals surface area contributed by atoms with Crippen molar-refractivity contribution in [2.75, 3.05) is 6.54 Å². The first-order chi connectivity index (χ1) is 10.2. The van der Waals surface area contributed by atoms with Gasteiger partial charge >= 0.3 is 0 Å². The van der Waals surface area contributed by atoms with E-state index < -0.39 is 6.10 Å². The summed E-state index contributed by atoms with van der Waals surface area (Å²) in [4.78, 5) is 4.42. The first-order valence-electron chi connectivity index (χ1n) is 7.65. The fourth-order valence-electron chi connectivity index (χ4n) is 3.26. The van der Waals surface area contributed by atoms with Gasteiger partial charge in [-0.3, -0.25) is 4.98 Å². The molecule has 3 atom stereocenters. The quantitative estimate of drug-likeness (QED) is 0.909. The molecule has 1 fully saturated rings. The minimum absolute atomic E-state index is 0.0927. The fraction of sp³-hybridized carbons (Fsp3) is 0.471. The van der Waals surface area contributed by atoms with Crippen molar-refractivity contribution in [2.24, 2.45) is 5.92 Å². The van der Waals surface area contributed by atoms with Gasteiger partial charge in [0.2, 0.25) is 0 Å². The molecule has 1 aromatic heterocycles. The number of aliphatic hydroxyl groups excluding tert-OH is 1. The second-order valence-electron chi connectivity index (χ2n) is 5.84. The Kier molecular flexibility index (Phi) is 4.43. The second kappa shape index (κ2) is 6.30. The van der Waals surface area contributed by atoms with Crippen molar-refractivity contribution in [2.45, 2.75) is 38.3 Å². The Bertz CT molecular complexity index is 631. The van der Waals surface area contributed by atoms with Gasteiger partial charge in [0.1, 0.15) is 0 Å². The predicted molar refractivity (Wildman–Crippen MR) is 86.5 cm³/mol. The molecule has 0 spiro atoms. The van der Waals surface area contributed by atoms with Crippen LogP contribution in [0.4, 0.5) is 0 Å². The highest BCUT2D eigenvalue weighted by Gasteiger charge is 2.28. The van der Waals surface area contributed by atoms with Gasteiger partial charge in [-0.1, -0.05) is 31.0 Å². The number of piperidine rings is 1. The van der Waals surface area contributed by atoms with Crippen LogP contribution in [0.3, 0.4) is 0 Å². The summed E-state index contributed by atoms with van der Waals surface area (Å²) in [5, 5.41) is 15.8. The highest BCUT2D eigenvalue weighted by molar-refractivity contribution is 6.35. The summed E-state index contributed by atoms with van der Waals surface area (Å²) >= 11 is 6.23. The summed E-state index contributed by atoms with van der Waals surface area (Å²) in [7, 11) is 0. The molecule has 1 aliphatic heterocycles. The Balaban J connectivity index is 1.94. The van der Waals surface area contributed by atoms with E-state index in [1.54, 1.807) is 6.20 Å². The lowest BCUT2D eigenvalue weighted by molar-refractivity contribution is 0.0989. The average molecular weight is 305 g/mol. The van der Waals surface area contributed by atoms with Crippen molar-refractivity contribution >= 4 is 22.5 Å². The number of halogens is 1. The fourth-order valence-corrected chi connectivity index (χ4v) is 3.48. The summed E-state index contributed by atoms with van der Waals surface area (Å²) < 4.78 is 0. The number of nitrogens with zero attached hydrogens (tertiary/aromatic N) is 1. The van der Waals surface area contributed by atoms with Crippen LogP contribution in [-0.4, -0.2) is 22.7 Å². The Morgan fingerprint density at radius 1 is 1.43 bits per heavy atom. The van der Waals surface area contributed by atoms with E-state index in [0.717, 1.165) is 29.4 Å². The van der Waals surface area contributed by atoms with Gasteiger partial charge in [0, 0.05) is 28.2 Å². The van der Waals surface area contributed by atoms with Crippen LogP contribution in [0.5, 0.6) is 0 Å². The molecule has 112 valence electrons. The number of pyridine rings is 1. The molecule has 2 aromatic rings. The second-order valence-corrected chi connectivity index (χ2v) is 6.25. The Labute approximate surface area is 130 Å². The van der Waals surface area contributed by atoms with E-state index >= 15 is 0 Å². The number of aromatic nitrogens is 1. The molecule has 0 radical (unpaired) electrons. The minimum Gasteiger partial charge on any atom is -0.387 e. The number of fused-ring (bicyclic) bond motifs is 1. The van der Waals surface area contributed by atoms with Gasteiger partial charge in [0.15, 0.2) is 0 Å². The monoisotopic (exact) mass is 304 g/mol. The minimum atomic E-state index is -0.547. The molecule has 1 saturated heterocycles. The number of nitrogens with one attached hydrogen (secondary N) is 1. The lowest BCUT2D eigenvalue weighted by Gasteiger charge is -2.33. The molecule has 0 amide bonds. The molecular formula is C17H21ClN2O. The van der Waals surface area contributed by atoms with Crippen molar-refractivity contribution < 1.29 is 5.11 Å². The lowest BCUT2D eigenvalue weighted by Crippen LogP contribution is -2.42. The molecule has 2 N–H and O–H groups in total. The molecule has 0 aliphatic carbocycles. The summed E-state index contributed by atoms with van der Waals surface area (Å²) in [5.41, 5.74) is 1.67. The van der Waals surface area contributed by atoms with Crippen LogP contribution in [0.25, 0.3) is 10.9 Å². The molecule has 1 aromatic carbocycles. The van der Waals surface area contributed by atoms with Crippen molar-refractivity contribution in [1.29, 1.82) is 0 Å². The molecule has 1 aliphatic rings. The highest BCUT2D eigenvalue weighted by atomic mass is 35.5. The third kappa shape index (κ3) is 2.91. The zero-order valence-corrected chi connectivity index (χ0v) is 13.0. The van der Waals surface area contributed by atoms with Crippen LogP contribution in [0.1, 0.15) is 37.9 Å². The number of aliphatic hydroxyl groups is 1. The highest BCUT2D eigenvalue weighted by Crippen LogP contribution is 2.33. The molecule has 0 saturated carbocycles. The third-order valence-corrected chi connectivity index (χ3v) is 4.90. The van der Waals surface area contributed by atoms with Crippen LogP contribution in [0.15, 0.2) is 30.5 Å². The summed E-state index contributed by atoms with van der Waals surface area (Å²) in [6.45, 7) is 3.19. The molecular weight excluding hydrogens is 284 g/mol. The number of rotatable bonds is 3. The SMILES string of the molecule is CCC1CCNC(C(O)c2ccc(Cl)c3cccnc23)C1. The van der Waals surface area contributed by atoms with E-state index in [-0.39, 0.29) is 6.04 Å². The van der Waals surface area contributed by atoms with E-state index in [4.69, 9.17) is 11.6 Å². The van der Waals surface area contributed by atoms with E-state index in [2.05, 4.69) is 17.2 Å². The van der Waals surface area contributed by atoms with Crippen LogP contribution in [-0.2, 0) is 0 Å². The van der Waals surface area contributed by atoms with Crippen molar-refractivity contribution in [3.63, 3.8) is 0 Å². The molecule has 0 bridgehead atoms. The van der Waals surface area contributed by atoms with Gasteiger partial charge in [0.05, 0.1) is 11.6 Å². The van der Waals surface area contributed by atoms with Gasteiger partial charge in [-0.25, -0.2) is 0 Å². The zero-order valence-electron chi connectivity index (χ0n) is 12.2. The zero-order chi connectivity index (χ0) is 14.8. The predicted octanol–water partition coefficient (Wildman–Crippen LogP) is 3.70.